The van der Waals surface area contributed by atoms with Crippen LogP contribution in [0.2, 0.25) is 0 Å². The zero-order chi connectivity index (χ0) is 15.1. The van der Waals surface area contributed by atoms with Crippen molar-refractivity contribution in [2.24, 2.45) is 0 Å². The van der Waals surface area contributed by atoms with E-state index in [-0.39, 0.29) is 5.57 Å². The smallest absolute Gasteiger partial charge is 0.334 e. The van der Waals surface area contributed by atoms with Gasteiger partial charge in [-0.3, -0.25) is 4.79 Å². The van der Waals surface area contributed by atoms with Gasteiger partial charge in [-0.05, 0) is 23.8 Å². The van der Waals surface area contributed by atoms with Gasteiger partial charge in [-0.15, -0.1) is 0 Å². The zero-order valence-electron chi connectivity index (χ0n) is 11.5. The fraction of sp³-hybridized carbons (Fsp3) is 0.286. The first kappa shape index (κ1) is 15.6. The molecule has 1 aromatic carbocycles. The number of ether oxygens (including phenoxy) is 3. The lowest BCUT2D eigenvalue weighted by atomic mass is 10.1. The predicted molar refractivity (Wildman–Crippen MR) is 71.8 cm³/mol. The number of esters is 1. The van der Waals surface area contributed by atoms with Crippen LogP contribution in [-0.4, -0.2) is 38.4 Å². The molecule has 0 aliphatic carbocycles. The number of rotatable bonds is 6. The molecule has 6 nitrogen and oxygen atoms in total. The van der Waals surface area contributed by atoms with Crippen LogP contribution in [0.1, 0.15) is 12.0 Å². The first-order valence-corrected chi connectivity index (χ1v) is 5.74. The highest BCUT2D eigenvalue weighted by Crippen LogP contribution is 2.28. The molecule has 0 amide bonds. The van der Waals surface area contributed by atoms with E-state index in [0.29, 0.717) is 17.1 Å². The lowest BCUT2D eigenvalue weighted by Gasteiger charge is -2.08. The predicted octanol–water partition coefficient (Wildman–Crippen LogP) is 1.73. The van der Waals surface area contributed by atoms with E-state index < -0.39 is 18.4 Å². The molecule has 108 valence electrons. The third-order valence-electron chi connectivity index (χ3n) is 2.54. The van der Waals surface area contributed by atoms with Gasteiger partial charge in [0.15, 0.2) is 11.5 Å². The minimum atomic E-state index is -1.11. The summed E-state index contributed by atoms with van der Waals surface area (Å²) in [6.07, 6.45) is 1.03. The Labute approximate surface area is 116 Å². The molecule has 0 bridgehead atoms. The molecule has 6 heteroatoms. The topological polar surface area (TPSA) is 82.1 Å². The number of aliphatic carboxylic acids is 1. The van der Waals surface area contributed by atoms with E-state index in [4.69, 9.17) is 14.6 Å². The second-order valence-electron chi connectivity index (χ2n) is 3.85. The number of carboxylic acid groups (broad SMARTS) is 1. The van der Waals surface area contributed by atoms with E-state index in [1.807, 2.05) is 0 Å². The van der Waals surface area contributed by atoms with Crippen LogP contribution in [0.4, 0.5) is 0 Å². The lowest BCUT2D eigenvalue weighted by molar-refractivity contribution is -0.141. The molecular formula is C14H16O6. The van der Waals surface area contributed by atoms with Gasteiger partial charge >= 0.3 is 11.9 Å². The molecule has 1 N–H and O–H groups in total. The van der Waals surface area contributed by atoms with Crippen molar-refractivity contribution in [2.45, 2.75) is 6.42 Å². The van der Waals surface area contributed by atoms with Crippen LogP contribution in [0.15, 0.2) is 23.8 Å². The minimum absolute atomic E-state index is 0.0484. The van der Waals surface area contributed by atoms with Gasteiger partial charge in [-0.25, -0.2) is 4.79 Å². The summed E-state index contributed by atoms with van der Waals surface area (Å²) in [6.45, 7) is 0. The van der Waals surface area contributed by atoms with Gasteiger partial charge in [0.2, 0.25) is 0 Å². The van der Waals surface area contributed by atoms with Crippen molar-refractivity contribution in [3.05, 3.63) is 29.3 Å². The first-order valence-electron chi connectivity index (χ1n) is 5.74. The van der Waals surface area contributed by atoms with Gasteiger partial charge in [0.05, 0.1) is 27.8 Å². The molecule has 20 heavy (non-hydrogen) atoms. The number of hydrogen-bond acceptors (Lipinski definition) is 5. The van der Waals surface area contributed by atoms with Crippen molar-refractivity contribution < 1.29 is 28.9 Å². The largest absolute Gasteiger partial charge is 0.493 e. The summed E-state index contributed by atoms with van der Waals surface area (Å²) < 4.78 is 14.8. The van der Waals surface area contributed by atoms with E-state index in [1.165, 1.54) is 27.4 Å². The average Bonchev–Trinajstić information content (AvgIpc) is 2.45. The van der Waals surface area contributed by atoms with E-state index >= 15 is 0 Å². The van der Waals surface area contributed by atoms with Crippen LogP contribution in [0, 0.1) is 0 Å². The molecule has 0 radical (unpaired) electrons. The number of hydrogen-bond donors (Lipinski definition) is 1. The van der Waals surface area contributed by atoms with Gasteiger partial charge in [-0.1, -0.05) is 6.07 Å². The molecule has 0 heterocycles. The third kappa shape index (κ3) is 4.01. The Balaban J connectivity index is 3.16. The minimum Gasteiger partial charge on any atom is -0.493 e. The second-order valence-corrected chi connectivity index (χ2v) is 3.85. The summed E-state index contributed by atoms with van der Waals surface area (Å²) >= 11 is 0. The summed E-state index contributed by atoms with van der Waals surface area (Å²) in [5.41, 5.74) is 0.663. The maximum Gasteiger partial charge on any atom is 0.334 e. The van der Waals surface area contributed by atoms with Crippen LogP contribution < -0.4 is 9.47 Å². The van der Waals surface area contributed by atoms with Gasteiger partial charge in [-0.2, -0.15) is 0 Å². The molecule has 0 saturated heterocycles. The van der Waals surface area contributed by atoms with Gasteiger partial charge < -0.3 is 19.3 Å². The molecule has 1 aromatic rings. The molecule has 0 spiro atoms. The maximum atomic E-state index is 11.5. The lowest BCUT2D eigenvalue weighted by Crippen LogP contribution is -2.09. The first-order chi connectivity index (χ1) is 9.51. The Morgan fingerprint density at radius 2 is 1.80 bits per heavy atom. The third-order valence-corrected chi connectivity index (χ3v) is 2.54. The SMILES string of the molecule is COC(=O)/C(=C/c1ccc(OC)c(OC)c1)CC(=O)O. The standard InChI is InChI=1S/C14H16O6/c1-18-11-5-4-9(7-12(11)19-2)6-10(8-13(15)16)14(17)20-3/h4-7H,8H2,1-3H3,(H,15,16)/b10-6+. The molecule has 1 rings (SSSR count). The van der Waals surface area contributed by atoms with Crippen LogP contribution in [-0.2, 0) is 14.3 Å². The van der Waals surface area contributed by atoms with Gasteiger partial charge in [0, 0.05) is 5.57 Å². The second kappa shape index (κ2) is 7.18. The summed E-state index contributed by atoms with van der Waals surface area (Å²) in [6, 6.07) is 5.00. The number of carbonyl (C=O) groups excluding carboxylic acids is 1. The normalized spacial score (nSPS) is 10.8. The van der Waals surface area contributed by atoms with Crippen molar-refractivity contribution in [3.63, 3.8) is 0 Å². The van der Waals surface area contributed by atoms with Crippen LogP contribution in [0.3, 0.4) is 0 Å². The molecule has 0 aliphatic heterocycles. The fourth-order valence-electron chi connectivity index (χ4n) is 1.62. The van der Waals surface area contributed by atoms with E-state index in [0.717, 1.165) is 0 Å². The molecule has 0 fully saturated rings. The highest BCUT2D eigenvalue weighted by molar-refractivity contribution is 5.97. The summed E-state index contributed by atoms with van der Waals surface area (Å²) in [5, 5.41) is 8.80. The van der Waals surface area contributed by atoms with Crippen LogP contribution >= 0.6 is 0 Å². The van der Waals surface area contributed by atoms with Crippen LogP contribution in [0.25, 0.3) is 6.08 Å². The summed E-state index contributed by atoms with van der Waals surface area (Å²) in [7, 11) is 4.20. The summed E-state index contributed by atoms with van der Waals surface area (Å²) in [4.78, 5) is 22.3. The Morgan fingerprint density at radius 1 is 1.15 bits per heavy atom. The highest BCUT2D eigenvalue weighted by atomic mass is 16.5. The highest BCUT2D eigenvalue weighted by Gasteiger charge is 2.14. The van der Waals surface area contributed by atoms with Crippen molar-refractivity contribution >= 4 is 18.0 Å². The zero-order valence-corrected chi connectivity index (χ0v) is 11.5. The van der Waals surface area contributed by atoms with Crippen molar-refractivity contribution in [1.29, 1.82) is 0 Å². The quantitative estimate of drug-likeness (QED) is 0.631. The van der Waals surface area contributed by atoms with Crippen molar-refractivity contribution in [2.75, 3.05) is 21.3 Å². The maximum absolute atomic E-state index is 11.5. The summed E-state index contributed by atoms with van der Waals surface area (Å²) in [5.74, 6) is -0.757. The molecule has 0 unspecified atom stereocenters. The number of benzene rings is 1. The number of carbonyl (C=O) groups is 2. The number of methoxy groups -OCH3 is 3. The van der Waals surface area contributed by atoms with Crippen LogP contribution in [0.5, 0.6) is 11.5 Å². The fourth-order valence-corrected chi connectivity index (χ4v) is 1.62. The van der Waals surface area contributed by atoms with E-state index in [2.05, 4.69) is 4.74 Å². The van der Waals surface area contributed by atoms with Gasteiger partial charge in [0.1, 0.15) is 0 Å². The molecule has 0 aliphatic rings. The van der Waals surface area contributed by atoms with Crippen molar-refractivity contribution in [1.82, 2.24) is 0 Å². The Kier molecular flexibility index (Phi) is 5.58. The molecular weight excluding hydrogens is 264 g/mol. The average molecular weight is 280 g/mol. The molecule has 0 saturated carbocycles. The molecule has 0 atom stereocenters. The van der Waals surface area contributed by atoms with Crippen molar-refractivity contribution in [3.8, 4) is 11.5 Å². The van der Waals surface area contributed by atoms with Gasteiger partial charge in [0.25, 0.3) is 0 Å². The van der Waals surface area contributed by atoms with E-state index in [9.17, 15) is 9.59 Å². The monoisotopic (exact) mass is 280 g/mol. The Hall–Kier alpha value is -2.50. The van der Waals surface area contributed by atoms with E-state index in [1.54, 1.807) is 18.2 Å². The number of carboxylic acids is 1. The molecule has 0 aromatic heterocycles. The Bertz CT molecular complexity index is 532. The Morgan fingerprint density at radius 3 is 2.30 bits per heavy atom.